The molecule has 1 rings (SSSR count). The van der Waals surface area contributed by atoms with Crippen molar-refractivity contribution >= 4 is 15.9 Å². The summed E-state index contributed by atoms with van der Waals surface area (Å²) in [6.45, 7) is 5.29. The van der Waals surface area contributed by atoms with Gasteiger partial charge in [0.05, 0.1) is 5.33 Å². The summed E-state index contributed by atoms with van der Waals surface area (Å²) in [5.41, 5.74) is 0. The van der Waals surface area contributed by atoms with E-state index in [0.29, 0.717) is 0 Å². The van der Waals surface area contributed by atoms with Crippen LogP contribution >= 0.6 is 15.9 Å². The highest BCUT2D eigenvalue weighted by atomic mass is 79.9. The molecule has 0 radical (unpaired) electrons. The maximum atomic E-state index is 4.11. The Morgan fingerprint density at radius 3 is 2.42 bits per heavy atom. The summed E-state index contributed by atoms with van der Waals surface area (Å²) < 4.78 is 2.19. The van der Waals surface area contributed by atoms with Gasteiger partial charge in [0.15, 0.2) is 0 Å². The van der Waals surface area contributed by atoms with Gasteiger partial charge in [-0.15, -0.1) is 10.2 Å². The Balaban J connectivity index is 2.90. The van der Waals surface area contributed by atoms with E-state index in [1.807, 2.05) is 0 Å². The number of nitrogens with zero attached hydrogens (tertiary/aromatic N) is 3. The number of rotatable bonds is 4. The lowest BCUT2D eigenvalue weighted by Gasteiger charge is -2.05. The van der Waals surface area contributed by atoms with Crippen molar-refractivity contribution in [1.29, 1.82) is 0 Å². The van der Waals surface area contributed by atoms with Gasteiger partial charge in [-0.05, 0) is 6.42 Å². The Bertz CT molecular complexity index is 223. The van der Waals surface area contributed by atoms with E-state index in [2.05, 4.69) is 44.5 Å². The Labute approximate surface area is 81.3 Å². The summed E-state index contributed by atoms with van der Waals surface area (Å²) in [5.74, 6) is 2.13. The third-order valence-electron chi connectivity index (χ3n) is 1.79. The second kappa shape index (κ2) is 4.60. The Kier molecular flexibility index (Phi) is 3.72. The molecular weight excluding hydrogens is 218 g/mol. The fraction of sp³-hybridized carbons (Fsp3) is 0.750. The smallest absolute Gasteiger partial charge is 0.143 e. The van der Waals surface area contributed by atoms with Crippen LogP contribution in [0.25, 0.3) is 0 Å². The van der Waals surface area contributed by atoms with E-state index >= 15 is 0 Å². The first kappa shape index (κ1) is 9.71. The molecule has 68 valence electrons. The van der Waals surface area contributed by atoms with Gasteiger partial charge < -0.3 is 4.57 Å². The minimum absolute atomic E-state index is 0.792. The summed E-state index contributed by atoms with van der Waals surface area (Å²) >= 11 is 3.40. The average Bonchev–Trinajstić information content (AvgIpc) is 2.48. The molecule has 1 heterocycles. The number of halogens is 1. The monoisotopic (exact) mass is 231 g/mol. The third-order valence-corrected chi connectivity index (χ3v) is 2.29. The molecule has 0 aliphatic rings. The Hall–Kier alpha value is -0.380. The number of hydrogen-bond acceptors (Lipinski definition) is 2. The molecule has 4 heteroatoms. The molecular formula is C8H14BrN3. The van der Waals surface area contributed by atoms with E-state index in [9.17, 15) is 0 Å². The lowest BCUT2D eigenvalue weighted by atomic mass is 10.4. The van der Waals surface area contributed by atoms with Crippen molar-refractivity contribution in [3.8, 4) is 0 Å². The average molecular weight is 232 g/mol. The first-order valence-electron chi connectivity index (χ1n) is 4.30. The van der Waals surface area contributed by atoms with Gasteiger partial charge in [0.2, 0.25) is 0 Å². The lowest BCUT2D eigenvalue weighted by Crippen LogP contribution is -2.05. The zero-order valence-electron chi connectivity index (χ0n) is 7.55. The van der Waals surface area contributed by atoms with Gasteiger partial charge >= 0.3 is 0 Å². The van der Waals surface area contributed by atoms with E-state index in [1.54, 1.807) is 0 Å². The van der Waals surface area contributed by atoms with Gasteiger partial charge in [-0.1, -0.05) is 29.8 Å². The van der Waals surface area contributed by atoms with E-state index < -0.39 is 0 Å². The van der Waals surface area contributed by atoms with Gasteiger partial charge in [-0.3, -0.25) is 0 Å². The van der Waals surface area contributed by atoms with Gasteiger partial charge in [0, 0.05) is 13.0 Å². The highest BCUT2D eigenvalue weighted by Gasteiger charge is 2.07. The number of alkyl halides is 1. The van der Waals surface area contributed by atoms with Crippen molar-refractivity contribution in [2.24, 2.45) is 0 Å². The van der Waals surface area contributed by atoms with Crippen molar-refractivity contribution in [2.75, 3.05) is 0 Å². The van der Waals surface area contributed by atoms with Crippen LogP contribution in [0.2, 0.25) is 0 Å². The van der Waals surface area contributed by atoms with Crippen LogP contribution in [0.15, 0.2) is 0 Å². The number of hydrogen-bond donors (Lipinski definition) is 0. The van der Waals surface area contributed by atoms with Gasteiger partial charge in [0.25, 0.3) is 0 Å². The van der Waals surface area contributed by atoms with Gasteiger partial charge in [-0.2, -0.15) is 0 Å². The van der Waals surface area contributed by atoms with E-state index in [-0.39, 0.29) is 0 Å². The zero-order valence-corrected chi connectivity index (χ0v) is 9.13. The van der Waals surface area contributed by atoms with Crippen molar-refractivity contribution < 1.29 is 0 Å². The SMILES string of the molecule is CCCn1c(CC)nnc1CBr. The highest BCUT2D eigenvalue weighted by molar-refractivity contribution is 9.08. The summed E-state index contributed by atoms with van der Waals surface area (Å²) in [7, 11) is 0. The second-order valence-corrected chi connectivity index (χ2v) is 3.23. The summed E-state index contributed by atoms with van der Waals surface area (Å²) in [6, 6.07) is 0. The molecule has 0 saturated carbocycles. The maximum absolute atomic E-state index is 4.11. The summed E-state index contributed by atoms with van der Waals surface area (Å²) in [5, 5.41) is 8.99. The quantitative estimate of drug-likeness (QED) is 0.744. The molecule has 0 fully saturated rings. The van der Waals surface area contributed by atoms with Crippen LogP contribution < -0.4 is 0 Å². The van der Waals surface area contributed by atoms with E-state index in [4.69, 9.17) is 0 Å². The molecule has 0 saturated heterocycles. The molecule has 0 atom stereocenters. The molecule has 0 aromatic carbocycles. The molecule has 1 aromatic rings. The summed E-state index contributed by atoms with van der Waals surface area (Å²) in [4.78, 5) is 0. The lowest BCUT2D eigenvalue weighted by molar-refractivity contribution is 0.625. The molecule has 0 N–H and O–H groups in total. The van der Waals surface area contributed by atoms with Crippen LogP contribution in [0.4, 0.5) is 0 Å². The Morgan fingerprint density at radius 2 is 1.92 bits per heavy atom. The maximum Gasteiger partial charge on any atom is 0.143 e. The predicted molar refractivity (Wildman–Crippen MR) is 52.3 cm³/mol. The molecule has 0 unspecified atom stereocenters. The van der Waals surface area contributed by atoms with Crippen LogP contribution in [-0.2, 0) is 18.3 Å². The van der Waals surface area contributed by atoms with Crippen molar-refractivity contribution in [2.45, 2.75) is 38.6 Å². The third kappa shape index (κ3) is 1.86. The highest BCUT2D eigenvalue weighted by Crippen LogP contribution is 2.07. The first-order valence-corrected chi connectivity index (χ1v) is 5.42. The normalized spacial score (nSPS) is 10.6. The fourth-order valence-electron chi connectivity index (χ4n) is 1.21. The standard InChI is InChI=1S/C8H14BrN3/c1-3-5-12-7(4-2)10-11-8(12)6-9/h3-6H2,1-2H3. The molecule has 0 amide bonds. The molecule has 0 spiro atoms. The van der Waals surface area contributed by atoms with E-state index in [0.717, 1.165) is 36.4 Å². The fourth-order valence-corrected chi connectivity index (χ4v) is 1.63. The Morgan fingerprint density at radius 1 is 1.25 bits per heavy atom. The van der Waals surface area contributed by atoms with Crippen LogP contribution in [0, 0.1) is 0 Å². The van der Waals surface area contributed by atoms with Crippen LogP contribution in [0.5, 0.6) is 0 Å². The van der Waals surface area contributed by atoms with Gasteiger partial charge in [0.1, 0.15) is 11.6 Å². The minimum Gasteiger partial charge on any atom is -0.314 e. The molecule has 0 aliphatic carbocycles. The molecule has 3 nitrogen and oxygen atoms in total. The van der Waals surface area contributed by atoms with Crippen LogP contribution in [-0.4, -0.2) is 14.8 Å². The van der Waals surface area contributed by atoms with Crippen molar-refractivity contribution in [3.63, 3.8) is 0 Å². The molecule has 12 heavy (non-hydrogen) atoms. The zero-order chi connectivity index (χ0) is 8.97. The van der Waals surface area contributed by atoms with Crippen LogP contribution in [0.3, 0.4) is 0 Å². The van der Waals surface area contributed by atoms with Crippen LogP contribution in [0.1, 0.15) is 31.9 Å². The molecule has 1 aromatic heterocycles. The molecule has 0 aliphatic heterocycles. The number of aromatic nitrogens is 3. The predicted octanol–water partition coefficient (Wildman–Crippen LogP) is 2.15. The topological polar surface area (TPSA) is 30.7 Å². The second-order valence-electron chi connectivity index (χ2n) is 2.67. The van der Waals surface area contributed by atoms with Crippen molar-refractivity contribution in [1.82, 2.24) is 14.8 Å². The first-order chi connectivity index (χ1) is 5.83. The van der Waals surface area contributed by atoms with Crippen molar-refractivity contribution in [3.05, 3.63) is 11.6 Å². The largest absolute Gasteiger partial charge is 0.314 e. The summed E-state index contributed by atoms with van der Waals surface area (Å²) in [6.07, 6.45) is 2.09. The van der Waals surface area contributed by atoms with E-state index in [1.165, 1.54) is 0 Å². The minimum atomic E-state index is 0.792. The number of aryl methyl sites for hydroxylation is 1. The van der Waals surface area contributed by atoms with Gasteiger partial charge in [-0.25, -0.2) is 0 Å². The molecule has 0 bridgehead atoms.